The van der Waals surface area contributed by atoms with E-state index in [0.717, 1.165) is 11.5 Å². The lowest BCUT2D eigenvalue weighted by Gasteiger charge is -2.05. The summed E-state index contributed by atoms with van der Waals surface area (Å²) in [5.41, 5.74) is 2.64. The van der Waals surface area contributed by atoms with E-state index in [-0.39, 0.29) is 0 Å². The first-order valence-electron chi connectivity index (χ1n) is 5.65. The number of hydrogen-bond donors (Lipinski definition) is 0. The van der Waals surface area contributed by atoms with E-state index in [4.69, 9.17) is 3.63 Å². The van der Waals surface area contributed by atoms with Crippen molar-refractivity contribution in [3.63, 3.8) is 0 Å². The molecule has 2 aromatic rings. The lowest BCUT2D eigenvalue weighted by Crippen LogP contribution is -1.86. The van der Waals surface area contributed by atoms with Crippen molar-refractivity contribution in [3.8, 4) is 0 Å². The lowest BCUT2D eigenvalue weighted by atomic mass is 10.2. The van der Waals surface area contributed by atoms with Gasteiger partial charge in [-0.2, -0.15) is 0 Å². The Balaban J connectivity index is 1.71. The first kappa shape index (κ1) is 15.9. The molecule has 0 fully saturated rings. The van der Waals surface area contributed by atoms with Crippen LogP contribution < -0.4 is 0 Å². The predicted octanol–water partition coefficient (Wildman–Crippen LogP) is 5.91. The minimum Gasteiger partial charge on any atom is -0.247 e. The van der Waals surface area contributed by atoms with E-state index in [0.29, 0.717) is 0 Å². The maximum Gasteiger partial charge on any atom is 0.0472 e. The second-order valence-corrected chi connectivity index (χ2v) is 7.69. The van der Waals surface area contributed by atoms with Crippen LogP contribution in [0.15, 0.2) is 48.5 Å². The van der Waals surface area contributed by atoms with E-state index in [1.54, 1.807) is 0 Å². The van der Waals surface area contributed by atoms with Crippen molar-refractivity contribution in [2.24, 2.45) is 0 Å². The molecule has 100 valence electrons. The molecule has 0 aliphatic rings. The summed E-state index contributed by atoms with van der Waals surface area (Å²) in [4.78, 5) is 0. The van der Waals surface area contributed by atoms with Gasteiger partial charge in [0.1, 0.15) is 0 Å². The van der Waals surface area contributed by atoms with Gasteiger partial charge in [-0.25, -0.2) is 3.63 Å². The van der Waals surface area contributed by atoms with Crippen LogP contribution in [0, 0.1) is 7.14 Å². The Morgan fingerprint density at radius 3 is 1.58 bits per heavy atom. The number of halogens is 2. The van der Waals surface area contributed by atoms with Crippen molar-refractivity contribution in [1.29, 1.82) is 0 Å². The Hall–Kier alpha value is 0.560. The summed E-state index contributed by atoms with van der Waals surface area (Å²) < 4.78 is 8.16. The van der Waals surface area contributed by atoms with Crippen molar-refractivity contribution in [3.05, 3.63) is 66.8 Å². The van der Waals surface area contributed by atoms with Gasteiger partial charge in [0.25, 0.3) is 0 Å². The second kappa shape index (κ2) is 8.76. The van der Waals surface area contributed by atoms with Gasteiger partial charge in [-0.05, 0) is 68.4 Å². The van der Waals surface area contributed by atoms with Crippen molar-refractivity contribution >= 4 is 69.3 Å². The van der Waals surface area contributed by atoms with Crippen LogP contribution in [0.25, 0.3) is 0 Å². The van der Waals surface area contributed by atoms with Gasteiger partial charge in [0, 0.05) is 42.7 Å². The number of rotatable bonds is 6. The maximum atomic E-state index is 5.58. The Labute approximate surface area is 150 Å². The van der Waals surface area contributed by atoms with Crippen LogP contribution >= 0.6 is 69.3 Å². The second-order valence-electron chi connectivity index (χ2n) is 3.78. The molecule has 5 heteroatoms. The molecule has 0 unspecified atom stereocenters. The van der Waals surface area contributed by atoms with Crippen LogP contribution in [0.5, 0.6) is 0 Å². The number of hydrogen-bond acceptors (Lipinski definition) is 3. The molecule has 0 radical (unpaired) electrons. The molecule has 19 heavy (non-hydrogen) atoms. The van der Waals surface area contributed by atoms with Crippen LogP contribution in [0.1, 0.15) is 11.1 Å². The van der Waals surface area contributed by atoms with Crippen LogP contribution in [-0.4, -0.2) is 0 Å². The summed E-state index contributed by atoms with van der Waals surface area (Å²) in [6.45, 7) is 0. The van der Waals surface area contributed by atoms with Gasteiger partial charge >= 0.3 is 0 Å². The zero-order valence-electron chi connectivity index (χ0n) is 10.0. The van der Waals surface area contributed by atoms with Gasteiger partial charge in [0.05, 0.1) is 0 Å². The maximum absolute atomic E-state index is 5.58. The Kier molecular flexibility index (Phi) is 7.35. The fourth-order valence-corrected chi connectivity index (χ4v) is 4.53. The summed E-state index contributed by atoms with van der Waals surface area (Å²) in [7, 11) is 0. The molecule has 0 aromatic heterocycles. The van der Waals surface area contributed by atoms with Crippen molar-refractivity contribution in [2.45, 2.75) is 11.5 Å². The van der Waals surface area contributed by atoms with Crippen LogP contribution in [0.2, 0.25) is 0 Å². The molecular weight excluding hydrogens is 502 g/mol. The molecular formula is C14H12I2OS2. The molecule has 0 saturated carbocycles. The zero-order valence-corrected chi connectivity index (χ0v) is 16.0. The van der Waals surface area contributed by atoms with Gasteiger partial charge < -0.3 is 0 Å². The van der Waals surface area contributed by atoms with Gasteiger partial charge in [-0.3, -0.25) is 0 Å². The van der Waals surface area contributed by atoms with Gasteiger partial charge in [-0.15, -0.1) is 0 Å². The standard InChI is InChI=1S/C14H12I2OS2/c15-13-7-3-1-5-11(13)9-18-17-19-10-12-6-2-4-8-14(12)16/h1-8H,9-10H2. The molecule has 0 aliphatic carbocycles. The van der Waals surface area contributed by atoms with E-state index in [1.165, 1.54) is 42.4 Å². The molecule has 0 N–H and O–H groups in total. The minimum absolute atomic E-state index is 0.887. The Morgan fingerprint density at radius 2 is 1.16 bits per heavy atom. The quantitative estimate of drug-likeness (QED) is 0.270. The summed E-state index contributed by atoms with van der Waals surface area (Å²) in [5.74, 6) is 1.77. The van der Waals surface area contributed by atoms with Crippen molar-refractivity contribution in [2.75, 3.05) is 0 Å². The van der Waals surface area contributed by atoms with E-state index >= 15 is 0 Å². The average Bonchev–Trinajstić information content (AvgIpc) is 2.42. The van der Waals surface area contributed by atoms with Gasteiger partial charge in [0.15, 0.2) is 0 Å². The van der Waals surface area contributed by atoms with Crippen molar-refractivity contribution < 1.29 is 3.63 Å². The van der Waals surface area contributed by atoms with E-state index in [1.807, 2.05) is 0 Å². The first-order chi connectivity index (χ1) is 9.27. The third kappa shape index (κ3) is 5.45. The fraction of sp³-hybridized carbons (Fsp3) is 0.143. The first-order valence-corrected chi connectivity index (χ1v) is 9.63. The van der Waals surface area contributed by atoms with E-state index < -0.39 is 0 Å². The SMILES string of the molecule is Ic1ccccc1CSOSCc1ccccc1I. The molecule has 0 saturated heterocycles. The molecule has 2 aromatic carbocycles. The summed E-state index contributed by atoms with van der Waals surface area (Å²) >= 11 is 7.72. The highest BCUT2D eigenvalue weighted by Crippen LogP contribution is 2.26. The molecule has 1 nitrogen and oxygen atoms in total. The minimum atomic E-state index is 0.887. The molecule has 0 heterocycles. The fourth-order valence-electron chi connectivity index (χ4n) is 1.44. The molecule has 0 bridgehead atoms. The highest BCUT2D eigenvalue weighted by atomic mass is 127. The smallest absolute Gasteiger partial charge is 0.0472 e. The molecule has 0 spiro atoms. The normalized spacial score (nSPS) is 10.6. The topological polar surface area (TPSA) is 9.23 Å². The number of benzene rings is 2. The molecule has 0 aliphatic heterocycles. The summed E-state index contributed by atoms with van der Waals surface area (Å²) in [6, 6.07) is 16.8. The highest BCUT2D eigenvalue weighted by Gasteiger charge is 2.01. The zero-order chi connectivity index (χ0) is 13.5. The third-order valence-corrected chi connectivity index (χ3v) is 6.17. The summed E-state index contributed by atoms with van der Waals surface area (Å²) in [6.07, 6.45) is 0. The van der Waals surface area contributed by atoms with Crippen LogP contribution in [0.3, 0.4) is 0 Å². The predicted molar refractivity (Wildman–Crippen MR) is 102 cm³/mol. The van der Waals surface area contributed by atoms with Crippen molar-refractivity contribution in [1.82, 2.24) is 0 Å². The lowest BCUT2D eigenvalue weighted by molar-refractivity contribution is 0.755. The largest absolute Gasteiger partial charge is 0.247 e. The van der Waals surface area contributed by atoms with E-state index in [9.17, 15) is 0 Å². The van der Waals surface area contributed by atoms with Crippen LogP contribution in [-0.2, 0) is 15.1 Å². The third-order valence-electron chi connectivity index (χ3n) is 2.44. The summed E-state index contributed by atoms with van der Waals surface area (Å²) in [5, 5.41) is 0. The van der Waals surface area contributed by atoms with Gasteiger partial charge in [-0.1, -0.05) is 36.4 Å². The Morgan fingerprint density at radius 1 is 0.737 bits per heavy atom. The van der Waals surface area contributed by atoms with Gasteiger partial charge in [0.2, 0.25) is 0 Å². The molecule has 0 amide bonds. The molecule has 2 rings (SSSR count). The Bertz CT molecular complexity index is 487. The molecule has 0 atom stereocenters. The van der Waals surface area contributed by atoms with E-state index in [2.05, 4.69) is 93.7 Å². The average molecular weight is 514 g/mol. The highest BCUT2D eigenvalue weighted by molar-refractivity contribution is 14.1. The monoisotopic (exact) mass is 514 g/mol. The van der Waals surface area contributed by atoms with Crippen LogP contribution in [0.4, 0.5) is 0 Å².